The average Bonchev–Trinajstić information content (AvgIpc) is 2.96. The first kappa shape index (κ1) is 15.0. The van der Waals surface area contributed by atoms with Crippen LogP contribution in [0.2, 0.25) is 0 Å². The quantitative estimate of drug-likeness (QED) is 0.437. The summed E-state index contributed by atoms with van der Waals surface area (Å²) in [4.78, 5) is 26.4. The van der Waals surface area contributed by atoms with Crippen LogP contribution in [-0.2, 0) is 4.79 Å². The lowest BCUT2D eigenvalue weighted by Crippen LogP contribution is -2.14. The summed E-state index contributed by atoms with van der Waals surface area (Å²) >= 11 is 1.16. The molecule has 0 radical (unpaired) electrons. The third kappa shape index (κ3) is 3.67. The number of anilines is 1. The molecule has 3 rings (SSSR count). The van der Waals surface area contributed by atoms with Crippen molar-refractivity contribution in [1.82, 2.24) is 4.98 Å². The Kier molecular flexibility index (Phi) is 4.24. The SMILES string of the molecule is O=C(CSc1nc2ccccc2o1)Nc1cccc([N+](=O)[O-])c1. The van der Waals surface area contributed by atoms with E-state index in [9.17, 15) is 14.9 Å². The van der Waals surface area contributed by atoms with Crippen LogP contribution in [0, 0.1) is 10.1 Å². The smallest absolute Gasteiger partial charge is 0.271 e. The van der Waals surface area contributed by atoms with Crippen molar-refractivity contribution in [3.8, 4) is 0 Å². The highest BCUT2D eigenvalue weighted by atomic mass is 32.2. The monoisotopic (exact) mass is 329 g/mol. The molecular formula is C15H11N3O4S. The van der Waals surface area contributed by atoms with Crippen LogP contribution in [0.5, 0.6) is 0 Å². The molecular weight excluding hydrogens is 318 g/mol. The number of thioether (sulfide) groups is 1. The van der Waals surface area contributed by atoms with Gasteiger partial charge in [0.25, 0.3) is 10.9 Å². The molecule has 1 aromatic heterocycles. The van der Waals surface area contributed by atoms with Crippen molar-refractivity contribution in [1.29, 1.82) is 0 Å². The van der Waals surface area contributed by atoms with Gasteiger partial charge in [0.1, 0.15) is 5.52 Å². The van der Waals surface area contributed by atoms with Crippen LogP contribution in [0.3, 0.4) is 0 Å². The third-order valence-corrected chi connectivity index (χ3v) is 3.77. The van der Waals surface area contributed by atoms with Gasteiger partial charge in [0.2, 0.25) is 5.91 Å². The van der Waals surface area contributed by atoms with E-state index in [4.69, 9.17) is 4.42 Å². The molecule has 1 amide bonds. The number of nitrogens with zero attached hydrogens (tertiary/aromatic N) is 2. The zero-order valence-electron chi connectivity index (χ0n) is 11.8. The number of nitro benzene ring substituents is 1. The summed E-state index contributed by atoms with van der Waals surface area (Å²) in [5.74, 6) is -0.201. The summed E-state index contributed by atoms with van der Waals surface area (Å²) in [6, 6.07) is 13.1. The number of para-hydroxylation sites is 2. The summed E-state index contributed by atoms with van der Waals surface area (Å²) in [6.07, 6.45) is 0. The van der Waals surface area contributed by atoms with Crippen molar-refractivity contribution in [2.45, 2.75) is 5.22 Å². The van der Waals surface area contributed by atoms with Crippen molar-refractivity contribution < 1.29 is 14.1 Å². The number of non-ortho nitro benzene ring substituents is 1. The Morgan fingerprint density at radius 2 is 2.09 bits per heavy atom. The van der Waals surface area contributed by atoms with Crippen LogP contribution < -0.4 is 5.32 Å². The summed E-state index contributed by atoms with van der Waals surface area (Å²) in [6.45, 7) is 0. The van der Waals surface area contributed by atoms with E-state index in [-0.39, 0.29) is 17.3 Å². The maximum absolute atomic E-state index is 11.9. The first-order valence-electron chi connectivity index (χ1n) is 6.64. The highest BCUT2D eigenvalue weighted by Gasteiger charge is 2.11. The molecule has 1 N–H and O–H groups in total. The van der Waals surface area contributed by atoms with E-state index < -0.39 is 4.92 Å². The molecule has 0 atom stereocenters. The number of oxazole rings is 1. The van der Waals surface area contributed by atoms with Gasteiger partial charge in [0, 0.05) is 17.8 Å². The van der Waals surface area contributed by atoms with Crippen molar-refractivity contribution in [3.05, 3.63) is 58.6 Å². The molecule has 0 aliphatic carbocycles. The van der Waals surface area contributed by atoms with E-state index in [0.29, 0.717) is 16.5 Å². The molecule has 0 fully saturated rings. The predicted octanol–water partition coefficient (Wildman–Crippen LogP) is 3.47. The van der Waals surface area contributed by atoms with Crippen LogP contribution in [-0.4, -0.2) is 21.6 Å². The fourth-order valence-corrected chi connectivity index (χ4v) is 2.57. The van der Waals surface area contributed by atoms with E-state index in [1.807, 2.05) is 18.2 Å². The number of hydrogen-bond acceptors (Lipinski definition) is 6. The van der Waals surface area contributed by atoms with Crippen molar-refractivity contribution in [2.75, 3.05) is 11.1 Å². The van der Waals surface area contributed by atoms with Gasteiger partial charge in [-0.1, -0.05) is 30.0 Å². The second kappa shape index (κ2) is 6.49. The topological polar surface area (TPSA) is 98.3 Å². The van der Waals surface area contributed by atoms with Gasteiger partial charge >= 0.3 is 0 Å². The Bertz CT molecular complexity index is 845. The molecule has 0 spiro atoms. The Balaban J connectivity index is 1.61. The van der Waals surface area contributed by atoms with E-state index in [0.717, 1.165) is 17.3 Å². The first-order valence-corrected chi connectivity index (χ1v) is 7.63. The van der Waals surface area contributed by atoms with Gasteiger partial charge in [0.15, 0.2) is 5.58 Å². The summed E-state index contributed by atoms with van der Waals surface area (Å²) in [5, 5.41) is 13.7. The lowest BCUT2D eigenvalue weighted by atomic mass is 10.3. The van der Waals surface area contributed by atoms with E-state index in [1.165, 1.54) is 18.2 Å². The molecule has 0 aliphatic heterocycles. The fourth-order valence-electron chi connectivity index (χ4n) is 1.93. The van der Waals surface area contributed by atoms with Crippen molar-refractivity contribution in [2.24, 2.45) is 0 Å². The maximum atomic E-state index is 11.9. The Morgan fingerprint density at radius 3 is 2.87 bits per heavy atom. The van der Waals surface area contributed by atoms with Crippen LogP contribution in [0.25, 0.3) is 11.1 Å². The molecule has 0 saturated heterocycles. The molecule has 0 aliphatic rings. The average molecular weight is 329 g/mol. The van der Waals surface area contributed by atoms with Gasteiger partial charge in [-0.15, -0.1) is 0 Å². The van der Waals surface area contributed by atoms with Gasteiger partial charge < -0.3 is 9.73 Å². The molecule has 0 saturated carbocycles. The number of nitro groups is 1. The number of carbonyl (C=O) groups excluding carboxylic acids is 1. The minimum Gasteiger partial charge on any atom is -0.431 e. The maximum Gasteiger partial charge on any atom is 0.271 e. The standard InChI is InChI=1S/C15H11N3O4S/c19-14(16-10-4-3-5-11(8-10)18(20)21)9-23-15-17-12-6-1-2-7-13(12)22-15/h1-8H,9H2,(H,16,19). The molecule has 116 valence electrons. The minimum atomic E-state index is -0.511. The number of fused-ring (bicyclic) bond motifs is 1. The summed E-state index contributed by atoms with van der Waals surface area (Å²) < 4.78 is 5.50. The van der Waals surface area contributed by atoms with E-state index in [2.05, 4.69) is 10.3 Å². The Morgan fingerprint density at radius 1 is 1.26 bits per heavy atom. The fraction of sp³-hybridized carbons (Fsp3) is 0.0667. The molecule has 0 bridgehead atoms. The second-order valence-corrected chi connectivity index (χ2v) is 5.52. The number of aromatic nitrogens is 1. The number of carbonyl (C=O) groups is 1. The van der Waals surface area contributed by atoms with Gasteiger partial charge in [-0.3, -0.25) is 14.9 Å². The predicted molar refractivity (Wildman–Crippen MR) is 86.5 cm³/mol. The lowest BCUT2D eigenvalue weighted by Gasteiger charge is -2.03. The first-order chi connectivity index (χ1) is 11.1. The number of nitrogens with one attached hydrogen (secondary N) is 1. The molecule has 8 heteroatoms. The zero-order valence-corrected chi connectivity index (χ0v) is 12.6. The Hall–Kier alpha value is -2.87. The number of rotatable bonds is 5. The normalized spacial score (nSPS) is 10.6. The van der Waals surface area contributed by atoms with Gasteiger partial charge in [0.05, 0.1) is 10.7 Å². The van der Waals surface area contributed by atoms with Gasteiger partial charge in [-0.25, -0.2) is 4.98 Å². The van der Waals surface area contributed by atoms with E-state index in [1.54, 1.807) is 12.1 Å². The van der Waals surface area contributed by atoms with Crippen molar-refractivity contribution >= 4 is 40.1 Å². The second-order valence-electron chi connectivity index (χ2n) is 4.59. The zero-order chi connectivity index (χ0) is 16.2. The van der Waals surface area contributed by atoms with Crippen LogP contribution in [0.15, 0.2) is 58.2 Å². The van der Waals surface area contributed by atoms with Crippen LogP contribution in [0.1, 0.15) is 0 Å². The largest absolute Gasteiger partial charge is 0.431 e. The highest BCUT2D eigenvalue weighted by Crippen LogP contribution is 2.23. The minimum absolute atomic E-state index is 0.0746. The highest BCUT2D eigenvalue weighted by molar-refractivity contribution is 7.99. The molecule has 3 aromatic rings. The molecule has 23 heavy (non-hydrogen) atoms. The van der Waals surface area contributed by atoms with E-state index >= 15 is 0 Å². The number of benzene rings is 2. The molecule has 1 heterocycles. The van der Waals surface area contributed by atoms with Gasteiger partial charge in [-0.2, -0.15) is 0 Å². The Labute approximate surface area is 134 Å². The van der Waals surface area contributed by atoms with Gasteiger partial charge in [-0.05, 0) is 18.2 Å². The molecule has 0 unspecified atom stereocenters. The molecule has 2 aromatic carbocycles. The van der Waals surface area contributed by atoms with Crippen LogP contribution >= 0.6 is 11.8 Å². The third-order valence-electron chi connectivity index (χ3n) is 2.94. The molecule has 7 nitrogen and oxygen atoms in total. The number of hydrogen-bond donors (Lipinski definition) is 1. The lowest BCUT2D eigenvalue weighted by molar-refractivity contribution is -0.384. The number of amides is 1. The summed E-state index contributed by atoms with van der Waals surface area (Å²) in [5.41, 5.74) is 1.69. The van der Waals surface area contributed by atoms with Crippen molar-refractivity contribution in [3.63, 3.8) is 0 Å². The van der Waals surface area contributed by atoms with Crippen LogP contribution in [0.4, 0.5) is 11.4 Å². The summed E-state index contributed by atoms with van der Waals surface area (Å²) in [7, 11) is 0.